The van der Waals surface area contributed by atoms with Crippen molar-refractivity contribution < 1.29 is 9.50 Å². The molecule has 0 spiro atoms. The maximum Gasteiger partial charge on any atom is 0.126 e. The third-order valence-corrected chi connectivity index (χ3v) is 3.20. The Morgan fingerprint density at radius 2 is 2.00 bits per heavy atom. The lowest BCUT2D eigenvalue weighted by atomic mass is 10.0. The molecule has 102 valence electrons. The van der Waals surface area contributed by atoms with Crippen LogP contribution in [0.3, 0.4) is 0 Å². The molecule has 0 aliphatic carbocycles. The number of hydrogen-bond donors (Lipinski definition) is 2. The number of aromatic hydroxyl groups is 1. The highest BCUT2D eigenvalue weighted by molar-refractivity contribution is 5.56. The molecule has 0 saturated heterocycles. The molecule has 1 unspecified atom stereocenters. The van der Waals surface area contributed by atoms with Gasteiger partial charge in [0.25, 0.3) is 0 Å². The minimum atomic E-state index is -0.471. The van der Waals surface area contributed by atoms with Crippen LogP contribution in [0, 0.1) is 24.1 Å². The minimum Gasteiger partial charge on any atom is -0.507 e. The Bertz CT molecular complexity index is 677. The van der Waals surface area contributed by atoms with E-state index in [-0.39, 0.29) is 11.8 Å². The van der Waals surface area contributed by atoms with Crippen molar-refractivity contribution in [1.82, 2.24) is 0 Å². The van der Waals surface area contributed by atoms with Crippen LogP contribution >= 0.6 is 0 Å². The zero-order chi connectivity index (χ0) is 14.7. The summed E-state index contributed by atoms with van der Waals surface area (Å²) in [5.41, 5.74) is 2.99. The number of nitrogens with zero attached hydrogens (tertiary/aromatic N) is 1. The topological polar surface area (TPSA) is 56.0 Å². The molecule has 20 heavy (non-hydrogen) atoms. The fourth-order valence-electron chi connectivity index (χ4n) is 2.04. The number of phenolic OH excluding ortho intramolecular Hbond substituents is 1. The molecule has 0 aliphatic heterocycles. The summed E-state index contributed by atoms with van der Waals surface area (Å²) in [6.45, 7) is 3.80. The predicted octanol–water partition coefficient (Wildman–Crippen LogP) is 3.88. The zero-order valence-corrected chi connectivity index (χ0v) is 11.3. The van der Waals surface area contributed by atoms with Crippen molar-refractivity contribution in [2.45, 2.75) is 19.9 Å². The van der Waals surface area contributed by atoms with Gasteiger partial charge in [0, 0.05) is 17.3 Å². The Morgan fingerprint density at radius 3 is 2.65 bits per heavy atom. The average molecular weight is 270 g/mol. The number of halogens is 1. The molecule has 0 bridgehead atoms. The van der Waals surface area contributed by atoms with Crippen LogP contribution < -0.4 is 5.32 Å². The van der Waals surface area contributed by atoms with Crippen LogP contribution in [0.1, 0.15) is 29.7 Å². The Kier molecular flexibility index (Phi) is 3.90. The highest BCUT2D eigenvalue weighted by Gasteiger charge is 2.12. The van der Waals surface area contributed by atoms with Crippen molar-refractivity contribution >= 4 is 5.69 Å². The van der Waals surface area contributed by atoms with Crippen molar-refractivity contribution in [3.05, 3.63) is 58.9 Å². The summed E-state index contributed by atoms with van der Waals surface area (Å²) in [5.74, 6) is -0.555. The van der Waals surface area contributed by atoms with Crippen LogP contribution in [0.15, 0.2) is 36.4 Å². The summed E-state index contributed by atoms with van der Waals surface area (Å²) in [7, 11) is 0. The zero-order valence-electron chi connectivity index (χ0n) is 11.3. The molecular weight excluding hydrogens is 255 g/mol. The highest BCUT2D eigenvalue weighted by Crippen LogP contribution is 2.29. The van der Waals surface area contributed by atoms with E-state index < -0.39 is 5.82 Å². The third-order valence-electron chi connectivity index (χ3n) is 3.20. The monoisotopic (exact) mass is 270 g/mol. The Hall–Kier alpha value is -2.54. The van der Waals surface area contributed by atoms with Crippen molar-refractivity contribution in [1.29, 1.82) is 5.26 Å². The fourth-order valence-corrected chi connectivity index (χ4v) is 2.04. The van der Waals surface area contributed by atoms with Gasteiger partial charge < -0.3 is 10.4 Å². The van der Waals surface area contributed by atoms with Crippen molar-refractivity contribution in [2.75, 3.05) is 5.32 Å². The molecule has 3 nitrogen and oxygen atoms in total. The van der Waals surface area contributed by atoms with E-state index in [1.807, 2.05) is 19.9 Å². The van der Waals surface area contributed by atoms with Gasteiger partial charge >= 0.3 is 0 Å². The summed E-state index contributed by atoms with van der Waals surface area (Å²) in [6.07, 6.45) is 0. The van der Waals surface area contributed by atoms with Crippen molar-refractivity contribution in [3.63, 3.8) is 0 Å². The number of aryl methyl sites for hydroxylation is 1. The number of hydrogen-bond acceptors (Lipinski definition) is 3. The second-order valence-electron chi connectivity index (χ2n) is 4.71. The molecule has 2 aromatic carbocycles. The van der Waals surface area contributed by atoms with Crippen molar-refractivity contribution in [3.8, 4) is 11.8 Å². The standard InChI is InChI=1S/C16H15FN2O/c1-10-3-4-12(9-18)7-15(10)19-11(2)14-6-5-13(17)8-16(14)20/h3-8,11,19-20H,1-2H3. The van der Waals surface area contributed by atoms with Gasteiger partial charge in [-0.1, -0.05) is 12.1 Å². The second-order valence-corrected chi connectivity index (χ2v) is 4.71. The Labute approximate surface area is 117 Å². The molecule has 0 aromatic heterocycles. The number of nitriles is 1. The van der Waals surface area contributed by atoms with E-state index in [0.29, 0.717) is 11.1 Å². The van der Waals surface area contributed by atoms with Crippen LogP contribution in [-0.2, 0) is 0 Å². The van der Waals surface area contributed by atoms with E-state index in [1.165, 1.54) is 6.07 Å². The first-order valence-corrected chi connectivity index (χ1v) is 6.27. The van der Waals surface area contributed by atoms with E-state index >= 15 is 0 Å². The minimum absolute atomic E-state index is 0.0842. The molecule has 0 amide bonds. The first-order valence-electron chi connectivity index (χ1n) is 6.27. The molecule has 0 heterocycles. The van der Waals surface area contributed by atoms with Crippen LogP contribution in [0.5, 0.6) is 5.75 Å². The fraction of sp³-hybridized carbons (Fsp3) is 0.188. The van der Waals surface area contributed by atoms with Gasteiger partial charge in [0.1, 0.15) is 11.6 Å². The number of rotatable bonds is 3. The maximum atomic E-state index is 13.0. The summed E-state index contributed by atoms with van der Waals surface area (Å²) in [5, 5.41) is 21.9. The quantitative estimate of drug-likeness (QED) is 0.889. The van der Waals surface area contributed by atoms with Gasteiger partial charge in [0.15, 0.2) is 0 Å². The molecule has 0 radical (unpaired) electrons. The van der Waals surface area contributed by atoms with E-state index in [0.717, 1.165) is 17.3 Å². The van der Waals surface area contributed by atoms with Crippen molar-refractivity contribution in [2.24, 2.45) is 0 Å². The van der Waals surface area contributed by atoms with Gasteiger partial charge in [-0.3, -0.25) is 0 Å². The van der Waals surface area contributed by atoms with Gasteiger partial charge in [-0.15, -0.1) is 0 Å². The largest absolute Gasteiger partial charge is 0.507 e. The molecule has 0 saturated carbocycles. The first kappa shape index (κ1) is 13.9. The number of nitrogens with one attached hydrogen (secondary N) is 1. The Balaban J connectivity index is 2.27. The number of phenols is 1. The Morgan fingerprint density at radius 1 is 1.25 bits per heavy atom. The van der Waals surface area contributed by atoms with E-state index in [1.54, 1.807) is 18.2 Å². The van der Waals surface area contributed by atoms with Gasteiger partial charge in [-0.05, 0) is 37.6 Å². The normalized spacial score (nSPS) is 11.7. The van der Waals surface area contributed by atoms with Gasteiger partial charge in [-0.2, -0.15) is 5.26 Å². The molecule has 2 N–H and O–H groups in total. The molecule has 2 aromatic rings. The molecule has 4 heteroatoms. The SMILES string of the molecule is Cc1ccc(C#N)cc1NC(C)c1ccc(F)cc1O. The van der Waals surface area contributed by atoms with E-state index in [9.17, 15) is 9.50 Å². The molecular formula is C16H15FN2O. The number of benzene rings is 2. The summed E-state index contributed by atoms with van der Waals surface area (Å²) in [4.78, 5) is 0. The van der Waals surface area contributed by atoms with Crippen LogP contribution in [0.25, 0.3) is 0 Å². The summed E-state index contributed by atoms with van der Waals surface area (Å²) >= 11 is 0. The maximum absolute atomic E-state index is 13.0. The lowest BCUT2D eigenvalue weighted by molar-refractivity contribution is 0.459. The average Bonchev–Trinajstić information content (AvgIpc) is 2.41. The lowest BCUT2D eigenvalue weighted by Gasteiger charge is -2.18. The van der Waals surface area contributed by atoms with Gasteiger partial charge in [0.2, 0.25) is 0 Å². The third kappa shape index (κ3) is 2.89. The molecule has 1 atom stereocenters. The molecule has 0 fully saturated rings. The van der Waals surface area contributed by atoms with Gasteiger partial charge in [-0.25, -0.2) is 4.39 Å². The van der Waals surface area contributed by atoms with Gasteiger partial charge in [0.05, 0.1) is 17.7 Å². The summed E-state index contributed by atoms with van der Waals surface area (Å²) < 4.78 is 13.0. The molecule has 0 aliphatic rings. The smallest absolute Gasteiger partial charge is 0.126 e. The predicted molar refractivity (Wildman–Crippen MR) is 76.0 cm³/mol. The highest BCUT2D eigenvalue weighted by atomic mass is 19.1. The van der Waals surface area contributed by atoms with Crippen LogP contribution in [0.4, 0.5) is 10.1 Å². The summed E-state index contributed by atoms with van der Waals surface area (Å²) in [6, 6.07) is 11.2. The van der Waals surface area contributed by atoms with Crippen LogP contribution in [-0.4, -0.2) is 5.11 Å². The van der Waals surface area contributed by atoms with Crippen LogP contribution in [0.2, 0.25) is 0 Å². The second kappa shape index (κ2) is 5.62. The first-order chi connectivity index (χ1) is 9.51. The van der Waals surface area contributed by atoms with E-state index in [2.05, 4.69) is 11.4 Å². The lowest BCUT2D eigenvalue weighted by Crippen LogP contribution is -2.08. The number of anilines is 1. The van der Waals surface area contributed by atoms with E-state index in [4.69, 9.17) is 5.26 Å². The molecule has 2 rings (SSSR count).